The molecular formula is C18H14BrF2N3O. The van der Waals surface area contributed by atoms with E-state index in [2.05, 4.69) is 26.3 Å². The molecule has 3 rings (SSSR count). The minimum Gasteiger partial charge on any atom is -0.305 e. The number of nitrogens with one attached hydrogen (secondary N) is 1. The maximum atomic E-state index is 14.0. The molecule has 0 atom stereocenters. The number of anilines is 1. The summed E-state index contributed by atoms with van der Waals surface area (Å²) >= 11 is 3.33. The first-order valence-corrected chi connectivity index (χ1v) is 8.39. The van der Waals surface area contributed by atoms with Crippen LogP contribution in [0.2, 0.25) is 0 Å². The van der Waals surface area contributed by atoms with Gasteiger partial charge in [-0.3, -0.25) is 4.79 Å². The number of carbonyl (C=O) groups is 1. The molecule has 0 aliphatic heterocycles. The van der Waals surface area contributed by atoms with Crippen molar-refractivity contribution in [2.45, 2.75) is 13.3 Å². The zero-order valence-corrected chi connectivity index (χ0v) is 14.8. The number of benzene rings is 2. The second-order valence-electron chi connectivity index (χ2n) is 5.32. The van der Waals surface area contributed by atoms with E-state index in [4.69, 9.17) is 0 Å². The highest BCUT2D eigenvalue weighted by Crippen LogP contribution is 2.21. The Kier molecular flexibility index (Phi) is 4.94. The fourth-order valence-electron chi connectivity index (χ4n) is 2.42. The fourth-order valence-corrected chi connectivity index (χ4v) is 2.89. The number of rotatable bonds is 4. The lowest BCUT2D eigenvalue weighted by Gasteiger charge is -2.07. The normalized spacial score (nSPS) is 10.7. The van der Waals surface area contributed by atoms with Crippen LogP contribution in [0, 0.1) is 11.6 Å². The number of aromatic nitrogens is 2. The lowest BCUT2D eigenvalue weighted by atomic mass is 10.2. The van der Waals surface area contributed by atoms with Gasteiger partial charge in [-0.25, -0.2) is 13.5 Å². The summed E-state index contributed by atoms with van der Waals surface area (Å²) in [6, 6.07) is 11.9. The van der Waals surface area contributed by atoms with Crippen LogP contribution < -0.4 is 5.32 Å². The van der Waals surface area contributed by atoms with Crippen molar-refractivity contribution in [3.8, 4) is 5.69 Å². The molecule has 7 heteroatoms. The molecule has 1 aromatic heterocycles. The second kappa shape index (κ2) is 7.14. The number of nitrogens with zero attached hydrogens (tertiary/aromatic N) is 2. The van der Waals surface area contributed by atoms with Crippen molar-refractivity contribution >= 4 is 27.7 Å². The third-order valence-electron chi connectivity index (χ3n) is 3.64. The van der Waals surface area contributed by atoms with Gasteiger partial charge in [0.1, 0.15) is 11.5 Å². The Hall–Kier alpha value is -2.54. The molecule has 2 aromatic carbocycles. The van der Waals surface area contributed by atoms with E-state index >= 15 is 0 Å². The average molecular weight is 406 g/mol. The van der Waals surface area contributed by atoms with Crippen LogP contribution in [-0.2, 0) is 6.42 Å². The van der Waals surface area contributed by atoms with E-state index in [1.807, 2.05) is 13.0 Å². The number of hydrogen-bond acceptors (Lipinski definition) is 2. The van der Waals surface area contributed by atoms with Gasteiger partial charge in [0, 0.05) is 22.3 Å². The van der Waals surface area contributed by atoms with E-state index in [1.54, 1.807) is 24.3 Å². The Morgan fingerprint density at radius 3 is 2.64 bits per heavy atom. The third-order valence-corrected chi connectivity index (χ3v) is 4.33. The summed E-state index contributed by atoms with van der Waals surface area (Å²) in [5.41, 5.74) is 1.27. The van der Waals surface area contributed by atoms with Gasteiger partial charge >= 0.3 is 0 Å². The van der Waals surface area contributed by atoms with Gasteiger partial charge in [0.15, 0.2) is 11.6 Å². The predicted molar refractivity (Wildman–Crippen MR) is 95.0 cm³/mol. The molecule has 0 bridgehead atoms. The van der Waals surface area contributed by atoms with Crippen molar-refractivity contribution in [3.63, 3.8) is 0 Å². The Labute approximate surface area is 151 Å². The maximum absolute atomic E-state index is 14.0. The van der Waals surface area contributed by atoms with Gasteiger partial charge in [0.05, 0.1) is 5.56 Å². The maximum Gasteiger partial charge on any atom is 0.258 e. The first kappa shape index (κ1) is 17.3. The summed E-state index contributed by atoms with van der Waals surface area (Å²) in [5.74, 6) is -1.42. The molecule has 0 unspecified atom stereocenters. The van der Waals surface area contributed by atoms with Crippen molar-refractivity contribution in [2.75, 3.05) is 5.32 Å². The van der Waals surface area contributed by atoms with E-state index in [0.717, 1.165) is 6.07 Å². The minimum atomic E-state index is -0.721. The van der Waals surface area contributed by atoms with Gasteiger partial charge < -0.3 is 5.32 Å². The predicted octanol–water partition coefficient (Wildman–Crippen LogP) is 4.73. The first-order valence-electron chi connectivity index (χ1n) is 7.60. The minimum absolute atomic E-state index is 0.125. The number of halogens is 3. The molecule has 3 aromatic rings. The molecule has 0 aliphatic rings. The van der Waals surface area contributed by atoms with Crippen LogP contribution in [0.5, 0.6) is 0 Å². The van der Waals surface area contributed by atoms with Gasteiger partial charge in [0.2, 0.25) is 0 Å². The third kappa shape index (κ3) is 3.61. The Bertz CT molecular complexity index is 940. The number of aryl methyl sites for hydroxylation is 1. The molecule has 4 nitrogen and oxygen atoms in total. The number of hydrogen-bond donors (Lipinski definition) is 1. The highest BCUT2D eigenvalue weighted by atomic mass is 79.9. The van der Waals surface area contributed by atoms with Crippen molar-refractivity contribution in [1.29, 1.82) is 0 Å². The van der Waals surface area contributed by atoms with Crippen molar-refractivity contribution in [2.24, 2.45) is 0 Å². The lowest BCUT2D eigenvalue weighted by molar-refractivity contribution is 0.102. The molecule has 0 saturated carbocycles. The number of carbonyl (C=O) groups excluding carboxylic acids is 1. The Balaban J connectivity index is 1.93. The molecule has 0 spiro atoms. The summed E-state index contributed by atoms with van der Waals surface area (Å²) in [6.45, 7) is 1.88. The summed E-state index contributed by atoms with van der Waals surface area (Å²) in [6.07, 6.45) is 0.564. The van der Waals surface area contributed by atoms with Crippen LogP contribution in [0.4, 0.5) is 14.6 Å². The zero-order chi connectivity index (χ0) is 18.0. The Morgan fingerprint density at radius 1 is 1.20 bits per heavy atom. The fraction of sp³-hybridized carbons (Fsp3) is 0.111. The lowest BCUT2D eigenvalue weighted by Crippen LogP contribution is -2.13. The van der Waals surface area contributed by atoms with E-state index in [9.17, 15) is 13.6 Å². The van der Waals surface area contributed by atoms with E-state index in [1.165, 1.54) is 16.8 Å². The van der Waals surface area contributed by atoms with Crippen molar-refractivity contribution in [3.05, 3.63) is 75.9 Å². The molecule has 0 radical (unpaired) electrons. The quantitative estimate of drug-likeness (QED) is 0.681. The van der Waals surface area contributed by atoms with Crippen LogP contribution >= 0.6 is 15.9 Å². The second-order valence-corrected chi connectivity index (χ2v) is 6.17. The van der Waals surface area contributed by atoms with Crippen LogP contribution in [0.1, 0.15) is 23.0 Å². The van der Waals surface area contributed by atoms with Gasteiger partial charge in [0.25, 0.3) is 5.91 Å². The highest BCUT2D eigenvalue weighted by Gasteiger charge is 2.16. The van der Waals surface area contributed by atoms with E-state index < -0.39 is 11.6 Å². The van der Waals surface area contributed by atoms with Crippen molar-refractivity contribution in [1.82, 2.24) is 9.78 Å². The van der Waals surface area contributed by atoms with Gasteiger partial charge in [-0.2, -0.15) is 0 Å². The van der Waals surface area contributed by atoms with E-state index in [-0.39, 0.29) is 11.6 Å². The largest absolute Gasteiger partial charge is 0.305 e. The molecule has 128 valence electrons. The van der Waals surface area contributed by atoms with Crippen LogP contribution in [0.25, 0.3) is 5.69 Å². The van der Waals surface area contributed by atoms with E-state index in [0.29, 0.717) is 28.0 Å². The molecule has 0 aliphatic carbocycles. The molecular weight excluding hydrogens is 392 g/mol. The molecule has 1 amide bonds. The SMILES string of the molecule is CCc1cc(NC(=O)c2ccccc2Br)nn1-c1ccc(F)cc1F. The average Bonchev–Trinajstić information content (AvgIpc) is 2.97. The summed E-state index contributed by atoms with van der Waals surface area (Å²) in [7, 11) is 0. The first-order chi connectivity index (χ1) is 12.0. The standard InChI is InChI=1S/C18H14BrF2N3O/c1-2-12-10-17(22-18(25)13-5-3-4-6-14(13)19)23-24(12)16-8-7-11(20)9-15(16)21/h3-10H,2H2,1H3,(H,22,23,25). The van der Waals surface area contributed by atoms with Crippen LogP contribution in [-0.4, -0.2) is 15.7 Å². The molecule has 0 saturated heterocycles. The number of amides is 1. The smallest absolute Gasteiger partial charge is 0.258 e. The van der Waals surface area contributed by atoms with Gasteiger partial charge in [-0.05, 0) is 46.6 Å². The molecule has 0 fully saturated rings. The molecule has 1 N–H and O–H groups in total. The van der Waals surface area contributed by atoms with Crippen molar-refractivity contribution < 1.29 is 13.6 Å². The summed E-state index contributed by atoms with van der Waals surface area (Å²) in [5, 5.41) is 6.94. The Morgan fingerprint density at radius 2 is 1.96 bits per heavy atom. The highest BCUT2D eigenvalue weighted by molar-refractivity contribution is 9.10. The monoisotopic (exact) mass is 405 g/mol. The zero-order valence-electron chi connectivity index (χ0n) is 13.3. The van der Waals surface area contributed by atoms with Crippen LogP contribution in [0.15, 0.2) is 53.0 Å². The molecule has 25 heavy (non-hydrogen) atoms. The summed E-state index contributed by atoms with van der Waals surface area (Å²) in [4.78, 5) is 12.4. The summed E-state index contributed by atoms with van der Waals surface area (Å²) < 4.78 is 29.2. The van der Waals surface area contributed by atoms with Gasteiger partial charge in [-0.1, -0.05) is 19.1 Å². The van der Waals surface area contributed by atoms with Gasteiger partial charge in [-0.15, -0.1) is 5.10 Å². The van der Waals surface area contributed by atoms with Crippen LogP contribution in [0.3, 0.4) is 0 Å². The molecule has 1 heterocycles. The topological polar surface area (TPSA) is 46.9 Å².